The summed E-state index contributed by atoms with van der Waals surface area (Å²) in [6.07, 6.45) is -1.85. The number of fused-ring (bicyclic) bond motifs is 1. The minimum atomic E-state index is -2.84. The number of carbonyl (C=O) groups excluding carboxylic acids is 2. The molecule has 0 aliphatic heterocycles. The van der Waals surface area contributed by atoms with Crippen LogP contribution in [0.3, 0.4) is 0 Å². The summed E-state index contributed by atoms with van der Waals surface area (Å²) in [6.45, 7) is 3.43. The number of nitrogens with zero attached hydrogens (tertiary/aromatic N) is 4. The molecule has 0 spiro atoms. The van der Waals surface area contributed by atoms with Gasteiger partial charge in [-0.25, -0.2) is 13.8 Å². The molecule has 0 aromatic carbocycles. The van der Waals surface area contributed by atoms with Gasteiger partial charge in [0.2, 0.25) is 5.91 Å². The number of hydrogen-bond acceptors (Lipinski definition) is 8. The molecule has 4 aromatic rings. The maximum atomic E-state index is 13.6. The molecule has 4 aromatic heterocycles. The van der Waals surface area contributed by atoms with Gasteiger partial charge < -0.3 is 11.1 Å². The molecule has 0 bridgehead atoms. The topological polar surface area (TPSA) is 146 Å². The minimum absolute atomic E-state index is 0.0206. The highest BCUT2D eigenvalue weighted by Gasteiger charge is 2.25. The summed E-state index contributed by atoms with van der Waals surface area (Å²) in [7, 11) is 0. The van der Waals surface area contributed by atoms with E-state index in [1.165, 1.54) is 29.0 Å². The molecule has 14 heteroatoms. The Bertz CT molecular complexity index is 1480. The average Bonchev–Trinajstić information content (AvgIpc) is 3.48. The van der Waals surface area contributed by atoms with Gasteiger partial charge in [0, 0.05) is 27.1 Å². The van der Waals surface area contributed by atoms with Crippen molar-refractivity contribution in [3.05, 3.63) is 55.7 Å². The number of alkyl halides is 2. The van der Waals surface area contributed by atoms with Gasteiger partial charge in [0.05, 0.1) is 17.2 Å². The lowest BCUT2D eigenvalue weighted by atomic mass is 10.1. The number of nitrogens with one attached hydrogen (secondary N) is 1. The van der Waals surface area contributed by atoms with Crippen molar-refractivity contribution < 1.29 is 23.3 Å². The van der Waals surface area contributed by atoms with Crippen molar-refractivity contribution in [3.8, 4) is 10.4 Å². The Kier molecular flexibility index (Phi) is 6.58. The number of pyridine rings is 1. The fraction of sp³-hybridized carbons (Fsp3) is 0.238. The summed E-state index contributed by atoms with van der Waals surface area (Å²) < 4.78 is 28.4. The predicted molar refractivity (Wildman–Crippen MR) is 128 cm³/mol. The van der Waals surface area contributed by atoms with E-state index in [1.54, 1.807) is 6.07 Å². The lowest BCUT2D eigenvalue weighted by Gasteiger charge is -2.10. The quantitative estimate of drug-likeness (QED) is 0.252. The summed E-state index contributed by atoms with van der Waals surface area (Å²) in [6, 6.07) is 4.85. The molecule has 2 amide bonds. The van der Waals surface area contributed by atoms with Gasteiger partial charge in [-0.05, 0) is 32.0 Å². The van der Waals surface area contributed by atoms with Crippen LogP contribution in [0.2, 0.25) is 0 Å². The summed E-state index contributed by atoms with van der Waals surface area (Å²) in [5.74, 6) is -1.36. The van der Waals surface area contributed by atoms with E-state index in [0.29, 0.717) is 21.5 Å². The fourth-order valence-corrected chi connectivity index (χ4v) is 5.45. The Hall–Kier alpha value is -3.78. The molecule has 4 rings (SSSR count). The first-order chi connectivity index (χ1) is 16.6. The third-order valence-electron chi connectivity index (χ3n) is 5.22. The highest BCUT2D eigenvalue weighted by Crippen LogP contribution is 2.44. The second-order valence-electron chi connectivity index (χ2n) is 7.55. The molecule has 182 valence electrons. The van der Waals surface area contributed by atoms with Gasteiger partial charge in [-0.1, -0.05) is 0 Å². The Labute approximate surface area is 204 Å². The zero-order valence-corrected chi connectivity index (χ0v) is 20.0. The standard InChI is InChI=1S/C21H18F2N6O4S2/c1-9-3-4-14(34-9)11-7-12(19(22)23)26-21-16(11)17(18(35-21)20(24)31)27-15(30)5-6-28-10(2)13(8-25-28)29(32)33/h3-4,7-8,19H,5-6H2,1-2H3,(H2,24,31)(H,27,30). The Morgan fingerprint density at radius 2 is 2.03 bits per heavy atom. The van der Waals surface area contributed by atoms with Crippen LogP contribution in [0, 0.1) is 24.0 Å². The number of aryl methyl sites for hydroxylation is 2. The van der Waals surface area contributed by atoms with E-state index >= 15 is 0 Å². The highest BCUT2D eigenvalue weighted by atomic mass is 32.1. The number of hydrogen-bond donors (Lipinski definition) is 2. The number of carbonyl (C=O) groups is 2. The molecule has 0 radical (unpaired) electrons. The Morgan fingerprint density at radius 1 is 1.29 bits per heavy atom. The largest absolute Gasteiger partial charge is 0.365 e. The fourth-order valence-electron chi connectivity index (χ4n) is 3.55. The Balaban J connectivity index is 1.73. The number of nitrogens with two attached hydrogens (primary N) is 1. The molecular weight excluding hydrogens is 502 g/mol. The van der Waals surface area contributed by atoms with Crippen molar-refractivity contribution in [1.82, 2.24) is 14.8 Å². The van der Waals surface area contributed by atoms with Gasteiger partial charge in [-0.3, -0.25) is 24.4 Å². The number of halogens is 2. The van der Waals surface area contributed by atoms with Crippen LogP contribution in [0.25, 0.3) is 20.7 Å². The summed E-state index contributed by atoms with van der Waals surface area (Å²) in [5, 5.41) is 17.9. The van der Waals surface area contributed by atoms with Crippen molar-refractivity contribution in [2.24, 2.45) is 5.73 Å². The minimum Gasteiger partial charge on any atom is -0.365 e. The lowest BCUT2D eigenvalue weighted by Crippen LogP contribution is -2.18. The van der Waals surface area contributed by atoms with Crippen molar-refractivity contribution in [3.63, 3.8) is 0 Å². The van der Waals surface area contributed by atoms with Gasteiger partial charge in [0.25, 0.3) is 12.3 Å². The molecule has 0 fully saturated rings. The van der Waals surface area contributed by atoms with E-state index in [4.69, 9.17) is 5.73 Å². The number of thiophene rings is 2. The SMILES string of the molecule is Cc1ccc(-c2cc(C(F)F)nc3sc(C(N)=O)c(NC(=O)CCn4ncc([N+](=O)[O-])c4C)c23)s1. The van der Waals surface area contributed by atoms with E-state index in [1.807, 2.05) is 13.0 Å². The lowest BCUT2D eigenvalue weighted by molar-refractivity contribution is -0.385. The summed E-state index contributed by atoms with van der Waals surface area (Å²) in [5.41, 5.74) is 5.70. The van der Waals surface area contributed by atoms with Crippen molar-refractivity contribution in [2.75, 3.05) is 5.32 Å². The molecule has 0 saturated carbocycles. The highest BCUT2D eigenvalue weighted by molar-refractivity contribution is 7.21. The van der Waals surface area contributed by atoms with E-state index in [-0.39, 0.29) is 34.0 Å². The number of aromatic nitrogens is 3. The smallest absolute Gasteiger partial charge is 0.309 e. The second-order valence-corrected chi connectivity index (χ2v) is 9.84. The van der Waals surface area contributed by atoms with Gasteiger partial charge >= 0.3 is 5.69 Å². The first-order valence-electron chi connectivity index (χ1n) is 10.2. The number of amides is 2. The Morgan fingerprint density at radius 3 is 2.60 bits per heavy atom. The molecule has 0 saturated heterocycles. The van der Waals surface area contributed by atoms with Crippen molar-refractivity contribution in [2.45, 2.75) is 33.2 Å². The van der Waals surface area contributed by atoms with E-state index in [9.17, 15) is 28.5 Å². The number of nitro groups is 1. The van der Waals surface area contributed by atoms with Gasteiger partial charge in [-0.2, -0.15) is 5.10 Å². The van der Waals surface area contributed by atoms with Gasteiger partial charge in [0.1, 0.15) is 27.3 Å². The van der Waals surface area contributed by atoms with Crippen LogP contribution >= 0.6 is 22.7 Å². The monoisotopic (exact) mass is 520 g/mol. The molecular formula is C21H18F2N6O4S2. The molecule has 3 N–H and O–H groups in total. The number of rotatable bonds is 8. The van der Waals surface area contributed by atoms with Crippen LogP contribution in [0.5, 0.6) is 0 Å². The third kappa shape index (κ3) is 4.74. The van der Waals surface area contributed by atoms with E-state index in [0.717, 1.165) is 22.4 Å². The van der Waals surface area contributed by atoms with Gasteiger partial charge in [-0.15, -0.1) is 22.7 Å². The van der Waals surface area contributed by atoms with Crippen LogP contribution < -0.4 is 11.1 Å². The molecule has 0 unspecified atom stereocenters. The normalized spacial score (nSPS) is 11.3. The zero-order valence-electron chi connectivity index (χ0n) is 18.4. The average molecular weight is 521 g/mol. The molecule has 10 nitrogen and oxygen atoms in total. The van der Waals surface area contributed by atoms with Crippen LogP contribution in [-0.4, -0.2) is 31.5 Å². The molecule has 0 atom stereocenters. The van der Waals surface area contributed by atoms with Crippen LogP contribution in [-0.2, 0) is 11.3 Å². The molecule has 0 aliphatic rings. The zero-order chi connectivity index (χ0) is 25.4. The summed E-state index contributed by atoms with van der Waals surface area (Å²) in [4.78, 5) is 41.2. The van der Waals surface area contributed by atoms with Crippen LogP contribution in [0.15, 0.2) is 24.4 Å². The number of anilines is 1. The molecule has 35 heavy (non-hydrogen) atoms. The first-order valence-corrected chi connectivity index (χ1v) is 11.8. The molecule has 0 aliphatic carbocycles. The molecule has 4 heterocycles. The summed E-state index contributed by atoms with van der Waals surface area (Å²) >= 11 is 2.19. The van der Waals surface area contributed by atoms with Crippen LogP contribution in [0.1, 0.15) is 38.8 Å². The number of primary amides is 1. The van der Waals surface area contributed by atoms with Crippen molar-refractivity contribution >= 4 is 56.1 Å². The van der Waals surface area contributed by atoms with E-state index < -0.39 is 28.9 Å². The van der Waals surface area contributed by atoms with Crippen LogP contribution in [0.4, 0.5) is 20.2 Å². The van der Waals surface area contributed by atoms with Gasteiger partial charge in [0.15, 0.2) is 0 Å². The van der Waals surface area contributed by atoms with E-state index in [2.05, 4.69) is 15.4 Å². The predicted octanol–water partition coefficient (Wildman–Crippen LogP) is 4.81. The maximum absolute atomic E-state index is 13.6. The third-order valence-corrected chi connectivity index (χ3v) is 7.36. The maximum Gasteiger partial charge on any atom is 0.309 e. The second kappa shape index (κ2) is 9.46. The first kappa shape index (κ1) is 24.3. The van der Waals surface area contributed by atoms with Crippen molar-refractivity contribution in [1.29, 1.82) is 0 Å².